The normalized spacial score (nSPS) is 10.9. The van der Waals surface area contributed by atoms with E-state index in [1.54, 1.807) is 28.8 Å². The van der Waals surface area contributed by atoms with Gasteiger partial charge in [-0.25, -0.2) is 9.59 Å². The minimum atomic E-state index is -0.975. The number of aromatic nitrogens is 3. The number of carbonyl (C=O) groups is 2. The van der Waals surface area contributed by atoms with Crippen molar-refractivity contribution in [1.29, 1.82) is 0 Å². The summed E-state index contributed by atoms with van der Waals surface area (Å²) in [6, 6.07) is 14.3. The van der Waals surface area contributed by atoms with Crippen LogP contribution in [0.5, 0.6) is 0 Å². The summed E-state index contributed by atoms with van der Waals surface area (Å²) < 4.78 is 2.58. The van der Waals surface area contributed by atoms with E-state index >= 15 is 0 Å². The molecule has 0 radical (unpaired) electrons. The van der Waals surface area contributed by atoms with Crippen LogP contribution in [-0.2, 0) is 13.0 Å². The number of aromatic carboxylic acids is 1. The molecule has 3 aromatic rings. The number of hydrogen-bond acceptors (Lipinski definition) is 4. The van der Waals surface area contributed by atoms with Crippen LogP contribution in [0.15, 0.2) is 53.3 Å². The molecule has 7 heteroatoms. The first kappa shape index (κ1) is 23.2. The van der Waals surface area contributed by atoms with Crippen LogP contribution in [0.4, 0.5) is 0 Å². The molecule has 0 saturated carbocycles. The Labute approximate surface area is 187 Å². The summed E-state index contributed by atoms with van der Waals surface area (Å²) in [4.78, 5) is 36.9. The monoisotopic (exact) mass is 435 g/mol. The molecule has 0 bridgehead atoms. The van der Waals surface area contributed by atoms with E-state index in [2.05, 4.69) is 12.0 Å². The van der Waals surface area contributed by atoms with Crippen molar-refractivity contribution < 1.29 is 14.7 Å². The third-order valence-corrected chi connectivity index (χ3v) is 5.44. The minimum Gasteiger partial charge on any atom is -0.478 e. The number of nitrogens with zero attached hydrogens (tertiary/aromatic N) is 3. The molecule has 0 atom stereocenters. The van der Waals surface area contributed by atoms with Gasteiger partial charge in [0, 0.05) is 12.8 Å². The zero-order chi connectivity index (χ0) is 23.1. The maximum Gasteiger partial charge on any atom is 0.353 e. The Bertz CT molecular complexity index is 1140. The first-order chi connectivity index (χ1) is 15.5. The summed E-state index contributed by atoms with van der Waals surface area (Å²) in [5.41, 5.74) is 2.14. The van der Waals surface area contributed by atoms with Gasteiger partial charge in [0.05, 0.1) is 12.1 Å². The molecule has 0 spiro atoms. The maximum atomic E-state index is 12.9. The predicted molar refractivity (Wildman–Crippen MR) is 123 cm³/mol. The molecule has 0 amide bonds. The van der Waals surface area contributed by atoms with Crippen LogP contribution in [0.3, 0.4) is 0 Å². The molecular formula is C25H29N3O4. The van der Waals surface area contributed by atoms with Crippen LogP contribution >= 0.6 is 0 Å². The van der Waals surface area contributed by atoms with Crippen LogP contribution in [0.1, 0.15) is 72.5 Å². The summed E-state index contributed by atoms with van der Waals surface area (Å²) in [6.07, 6.45) is 4.37. The quantitative estimate of drug-likeness (QED) is 0.501. The van der Waals surface area contributed by atoms with Gasteiger partial charge in [-0.05, 0) is 35.6 Å². The number of aryl methyl sites for hydroxylation is 1. The third kappa shape index (κ3) is 5.22. The molecule has 0 aliphatic heterocycles. The average Bonchev–Trinajstić information content (AvgIpc) is 3.11. The summed E-state index contributed by atoms with van der Waals surface area (Å²) in [5.74, 6) is -0.632. The Morgan fingerprint density at radius 1 is 0.969 bits per heavy atom. The molecule has 3 rings (SSSR count). The van der Waals surface area contributed by atoms with Crippen molar-refractivity contribution in [3.05, 3.63) is 76.0 Å². The van der Waals surface area contributed by atoms with Crippen molar-refractivity contribution in [1.82, 2.24) is 14.3 Å². The van der Waals surface area contributed by atoms with Crippen LogP contribution in [0.2, 0.25) is 0 Å². The van der Waals surface area contributed by atoms with Gasteiger partial charge >= 0.3 is 11.7 Å². The van der Waals surface area contributed by atoms with Crippen molar-refractivity contribution in [2.75, 3.05) is 0 Å². The molecule has 7 nitrogen and oxygen atoms in total. The van der Waals surface area contributed by atoms with Crippen molar-refractivity contribution in [2.45, 2.75) is 58.9 Å². The Balaban J connectivity index is 1.89. The third-order valence-electron chi connectivity index (χ3n) is 5.44. The second kappa shape index (κ2) is 10.7. The smallest absolute Gasteiger partial charge is 0.353 e. The lowest BCUT2D eigenvalue weighted by Crippen LogP contribution is -2.30. The van der Waals surface area contributed by atoms with Gasteiger partial charge in [-0.1, -0.05) is 69.2 Å². The van der Waals surface area contributed by atoms with E-state index in [1.807, 2.05) is 31.2 Å². The molecule has 168 valence electrons. The molecule has 2 aromatic carbocycles. The van der Waals surface area contributed by atoms with E-state index < -0.39 is 11.7 Å². The Morgan fingerprint density at radius 2 is 1.66 bits per heavy atom. The summed E-state index contributed by atoms with van der Waals surface area (Å²) >= 11 is 0. The van der Waals surface area contributed by atoms with Gasteiger partial charge in [0.25, 0.3) is 5.91 Å². The fourth-order valence-electron chi connectivity index (χ4n) is 3.61. The molecule has 0 aliphatic rings. The van der Waals surface area contributed by atoms with Gasteiger partial charge in [0.15, 0.2) is 0 Å². The molecule has 32 heavy (non-hydrogen) atoms. The van der Waals surface area contributed by atoms with Gasteiger partial charge in [-0.2, -0.15) is 0 Å². The molecule has 0 fully saturated rings. The lowest BCUT2D eigenvalue weighted by molar-refractivity contribution is 0.0697. The number of rotatable bonds is 10. The van der Waals surface area contributed by atoms with Gasteiger partial charge in [-0.3, -0.25) is 9.36 Å². The summed E-state index contributed by atoms with van der Waals surface area (Å²) in [7, 11) is 0. The summed E-state index contributed by atoms with van der Waals surface area (Å²) in [5, 5.41) is 13.8. The number of benzene rings is 2. The molecule has 1 heterocycles. The second-order valence-corrected chi connectivity index (χ2v) is 7.85. The van der Waals surface area contributed by atoms with E-state index in [9.17, 15) is 19.5 Å². The van der Waals surface area contributed by atoms with Gasteiger partial charge in [0.2, 0.25) is 0 Å². The van der Waals surface area contributed by atoms with Gasteiger partial charge in [0.1, 0.15) is 5.82 Å². The second-order valence-electron chi connectivity index (χ2n) is 7.85. The Hall–Kier alpha value is -3.48. The van der Waals surface area contributed by atoms with E-state index in [4.69, 9.17) is 0 Å². The van der Waals surface area contributed by atoms with Crippen LogP contribution in [-0.4, -0.2) is 31.3 Å². The van der Waals surface area contributed by atoms with E-state index in [0.29, 0.717) is 30.8 Å². The molecular weight excluding hydrogens is 406 g/mol. The molecule has 0 aliphatic carbocycles. The largest absolute Gasteiger partial charge is 0.478 e. The van der Waals surface area contributed by atoms with Crippen molar-refractivity contribution >= 4 is 11.9 Å². The number of carboxylic acid groups (broad SMARTS) is 1. The van der Waals surface area contributed by atoms with E-state index in [-0.39, 0.29) is 11.5 Å². The first-order valence-corrected chi connectivity index (χ1v) is 11.1. The number of unbranched alkanes of at least 4 members (excludes halogenated alkanes) is 2. The highest BCUT2D eigenvalue weighted by atomic mass is 16.4. The maximum absolute atomic E-state index is 12.9. The predicted octanol–water partition coefficient (Wildman–Crippen LogP) is 4.63. The Kier molecular flexibility index (Phi) is 7.76. The molecule has 0 unspecified atom stereocenters. The van der Waals surface area contributed by atoms with Crippen LogP contribution < -0.4 is 5.69 Å². The number of hydrogen-bond donors (Lipinski definition) is 1. The zero-order valence-corrected chi connectivity index (χ0v) is 18.6. The standard InChI is InChI=1S/C25H29N3O4/c1-3-5-11-22-26-28(23(29)12-6-4-2)25(32)27(22)17-18-13-15-19(16-14-18)20-9-7-8-10-21(20)24(30)31/h7-10,13-16H,3-6,11-12,17H2,1-2H3,(H,30,31). The highest BCUT2D eigenvalue weighted by Crippen LogP contribution is 2.24. The molecule has 1 aromatic heterocycles. The molecule has 1 N–H and O–H groups in total. The van der Waals surface area contributed by atoms with Crippen LogP contribution in [0.25, 0.3) is 11.1 Å². The lowest BCUT2D eigenvalue weighted by Gasteiger charge is -2.09. The minimum absolute atomic E-state index is 0.241. The first-order valence-electron chi connectivity index (χ1n) is 11.1. The van der Waals surface area contributed by atoms with Gasteiger partial charge < -0.3 is 5.11 Å². The van der Waals surface area contributed by atoms with Gasteiger partial charge in [-0.15, -0.1) is 9.78 Å². The van der Waals surface area contributed by atoms with E-state index in [1.165, 1.54) is 0 Å². The highest BCUT2D eigenvalue weighted by Gasteiger charge is 2.18. The molecule has 0 saturated heterocycles. The van der Waals surface area contributed by atoms with Crippen molar-refractivity contribution in [3.8, 4) is 11.1 Å². The SMILES string of the molecule is CCCCC(=O)n1nc(CCCC)n(Cc2ccc(-c3ccccc3C(=O)O)cc2)c1=O. The van der Waals surface area contributed by atoms with Crippen LogP contribution in [0, 0.1) is 0 Å². The topological polar surface area (TPSA) is 94.2 Å². The fourth-order valence-corrected chi connectivity index (χ4v) is 3.61. The summed E-state index contributed by atoms with van der Waals surface area (Å²) in [6.45, 7) is 4.37. The zero-order valence-electron chi connectivity index (χ0n) is 18.6. The average molecular weight is 436 g/mol. The number of carboxylic acids is 1. The lowest BCUT2D eigenvalue weighted by atomic mass is 9.99. The van der Waals surface area contributed by atoms with E-state index in [0.717, 1.165) is 41.5 Å². The number of carbonyl (C=O) groups excluding carboxylic acids is 1. The Morgan fingerprint density at radius 3 is 2.31 bits per heavy atom. The fraction of sp³-hybridized carbons (Fsp3) is 0.360. The van der Waals surface area contributed by atoms with Crippen molar-refractivity contribution in [2.24, 2.45) is 0 Å². The van der Waals surface area contributed by atoms with Crippen molar-refractivity contribution in [3.63, 3.8) is 0 Å². The highest BCUT2D eigenvalue weighted by molar-refractivity contribution is 5.96.